The molecule has 1 fully saturated rings. The van der Waals surface area contributed by atoms with Crippen molar-refractivity contribution in [2.75, 3.05) is 24.1 Å². The summed E-state index contributed by atoms with van der Waals surface area (Å²) in [4.78, 5) is 12.1. The zero-order valence-corrected chi connectivity index (χ0v) is 11.1. The number of carbonyl (C=O) groups is 1. The summed E-state index contributed by atoms with van der Waals surface area (Å²) in [6, 6.07) is 2.80. The molecule has 1 unspecified atom stereocenters. The Balaban J connectivity index is 2.07. The number of anilines is 2. The first kappa shape index (κ1) is 12.9. The van der Waals surface area contributed by atoms with Gasteiger partial charge in [-0.25, -0.2) is 9.18 Å². The van der Waals surface area contributed by atoms with Crippen LogP contribution in [-0.2, 0) is 0 Å². The zero-order valence-electron chi connectivity index (χ0n) is 9.49. The smallest absolute Gasteiger partial charge is 0.407 e. The molecule has 5 nitrogen and oxygen atoms in total. The van der Waals surface area contributed by atoms with E-state index in [4.69, 9.17) is 10.8 Å². The first-order valence-electron chi connectivity index (χ1n) is 5.46. The lowest BCUT2D eigenvalue weighted by molar-refractivity contribution is 0.155. The van der Waals surface area contributed by atoms with Crippen LogP contribution in [0.2, 0.25) is 0 Å². The molecular formula is C11H13BrFN3O2. The summed E-state index contributed by atoms with van der Waals surface area (Å²) in [6.45, 7) is 0.902. The average molecular weight is 318 g/mol. The van der Waals surface area contributed by atoms with Gasteiger partial charge in [-0.1, -0.05) is 0 Å². The Morgan fingerprint density at radius 1 is 1.61 bits per heavy atom. The van der Waals surface area contributed by atoms with Gasteiger partial charge in [-0.3, -0.25) is 0 Å². The second-order valence-electron chi connectivity index (χ2n) is 4.21. The number of hydrogen-bond donors (Lipinski definition) is 3. The molecule has 2 rings (SSSR count). The quantitative estimate of drug-likeness (QED) is 0.731. The van der Waals surface area contributed by atoms with Crippen molar-refractivity contribution in [2.24, 2.45) is 0 Å². The maximum Gasteiger partial charge on any atom is 0.407 e. The molecule has 0 saturated carbocycles. The van der Waals surface area contributed by atoms with Gasteiger partial charge in [0.25, 0.3) is 0 Å². The van der Waals surface area contributed by atoms with Crippen LogP contribution in [0.3, 0.4) is 0 Å². The van der Waals surface area contributed by atoms with Crippen molar-refractivity contribution in [3.05, 3.63) is 22.4 Å². The molecule has 0 aliphatic carbocycles. The number of nitrogens with zero attached hydrogens (tertiary/aromatic N) is 1. The SMILES string of the molecule is Nc1cc(F)c(Br)cc1NC1CCN(C(=O)O)C1. The summed E-state index contributed by atoms with van der Waals surface area (Å²) >= 11 is 3.09. The molecule has 1 atom stereocenters. The van der Waals surface area contributed by atoms with E-state index >= 15 is 0 Å². The molecule has 1 aromatic carbocycles. The number of nitrogens with one attached hydrogen (secondary N) is 1. The summed E-state index contributed by atoms with van der Waals surface area (Å²) in [5.41, 5.74) is 6.63. The van der Waals surface area contributed by atoms with E-state index in [0.29, 0.717) is 35.4 Å². The lowest BCUT2D eigenvalue weighted by atomic mass is 10.2. The average Bonchev–Trinajstić information content (AvgIpc) is 2.74. The predicted octanol–water partition coefficient (Wildman–Crippen LogP) is 2.33. The Hall–Kier alpha value is -1.50. The lowest BCUT2D eigenvalue weighted by Crippen LogP contribution is -2.30. The van der Waals surface area contributed by atoms with Gasteiger partial charge in [-0.05, 0) is 28.4 Å². The Morgan fingerprint density at radius 2 is 2.33 bits per heavy atom. The number of halogens is 2. The number of benzene rings is 1. The van der Waals surface area contributed by atoms with Crippen molar-refractivity contribution in [1.82, 2.24) is 4.90 Å². The summed E-state index contributed by atoms with van der Waals surface area (Å²) in [7, 11) is 0. The van der Waals surface area contributed by atoms with E-state index in [9.17, 15) is 9.18 Å². The highest BCUT2D eigenvalue weighted by Gasteiger charge is 2.26. The molecule has 98 valence electrons. The second-order valence-corrected chi connectivity index (χ2v) is 5.07. The predicted molar refractivity (Wildman–Crippen MR) is 70.1 cm³/mol. The van der Waals surface area contributed by atoms with E-state index in [1.54, 1.807) is 6.07 Å². The minimum atomic E-state index is -0.924. The molecule has 0 bridgehead atoms. The Bertz CT molecular complexity index is 484. The molecule has 4 N–H and O–H groups in total. The van der Waals surface area contributed by atoms with Gasteiger partial charge >= 0.3 is 6.09 Å². The first-order chi connectivity index (χ1) is 8.47. The van der Waals surface area contributed by atoms with Crippen LogP contribution in [0, 0.1) is 5.82 Å². The van der Waals surface area contributed by atoms with E-state index in [-0.39, 0.29) is 6.04 Å². The van der Waals surface area contributed by atoms with Crippen molar-refractivity contribution in [1.29, 1.82) is 0 Å². The topological polar surface area (TPSA) is 78.6 Å². The number of amides is 1. The van der Waals surface area contributed by atoms with Crippen LogP contribution in [0.15, 0.2) is 16.6 Å². The van der Waals surface area contributed by atoms with E-state index in [1.807, 2.05) is 0 Å². The van der Waals surface area contributed by atoms with Crippen molar-refractivity contribution in [3.8, 4) is 0 Å². The van der Waals surface area contributed by atoms with Crippen molar-refractivity contribution in [2.45, 2.75) is 12.5 Å². The van der Waals surface area contributed by atoms with Gasteiger partial charge in [0, 0.05) is 25.2 Å². The van der Waals surface area contributed by atoms with Crippen molar-refractivity contribution < 1.29 is 14.3 Å². The van der Waals surface area contributed by atoms with Gasteiger partial charge in [-0.15, -0.1) is 0 Å². The summed E-state index contributed by atoms with van der Waals surface area (Å²) < 4.78 is 13.5. The third-order valence-electron chi connectivity index (χ3n) is 2.91. The van der Waals surface area contributed by atoms with Crippen LogP contribution in [0.1, 0.15) is 6.42 Å². The van der Waals surface area contributed by atoms with E-state index in [0.717, 1.165) is 0 Å². The van der Waals surface area contributed by atoms with Crippen molar-refractivity contribution in [3.63, 3.8) is 0 Å². The van der Waals surface area contributed by atoms with Crippen LogP contribution >= 0.6 is 15.9 Å². The van der Waals surface area contributed by atoms with Gasteiger partial charge in [0.15, 0.2) is 0 Å². The molecule has 1 heterocycles. The second kappa shape index (κ2) is 5.01. The van der Waals surface area contributed by atoms with E-state index in [2.05, 4.69) is 21.2 Å². The molecule has 0 spiro atoms. The van der Waals surface area contributed by atoms with Crippen LogP contribution < -0.4 is 11.1 Å². The molecule has 1 saturated heterocycles. The minimum absolute atomic E-state index is 0.000705. The number of likely N-dealkylation sites (tertiary alicyclic amines) is 1. The number of nitrogen functional groups attached to an aromatic ring is 1. The first-order valence-corrected chi connectivity index (χ1v) is 6.25. The maximum atomic E-state index is 13.2. The molecule has 1 aliphatic heterocycles. The van der Waals surface area contributed by atoms with Gasteiger partial charge in [0.2, 0.25) is 0 Å². The molecule has 1 aliphatic rings. The number of carboxylic acid groups (broad SMARTS) is 1. The van der Waals surface area contributed by atoms with Crippen LogP contribution in [0.25, 0.3) is 0 Å². The molecule has 18 heavy (non-hydrogen) atoms. The Morgan fingerprint density at radius 3 is 2.94 bits per heavy atom. The van der Waals surface area contributed by atoms with Gasteiger partial charge in [-0.2, -0.15) is 0 Å². The third kappa shape index (κ3) is 2.66. The largest absolute Gasteiger partial charge is 0.465 e. The van der Waals surface area contributed by atoms with Gasteiger partial charge in [0.1, 0.15) is 5.82 Å². The highest BCUT2D eigenvalue weighted by atomic mass is 79.9. The molecule has 1 amide bonds. The minimum Gasteiger partial charge on any atom is -0.465 e. The number of nitrogens with two attached hydrogens (primary N) is 1. The van der Waals surface area contributed by atoms with Crippen LogP contribution in [-0.4, -0.2) is 35.2 Å². The Labute approximate surface area is 112 Å². The van der Waals surface area contributed by atoms with Crippen molar-refractivity contribution >= 4 is 33.4 Å². The third-order valence-corrected chi connectivity index (χ3v) is 3.52. The number of rotatable bonds is 2. The standard InChI is InChI=1S/C11H13BrFN3O2/c12-7-3-10(9(14)4-8(7)13)15-6-1-2-16(5-6)11(17)18/h3-4,6,15H,1-2,5,14H2,(H,17,18). The fraction of sp³-hybridized carbons (Fsp3) is 0.364. The molecule has 0 aromatic heterocycles. The highest BCUT2D eigenvalue weighted by molar-refractivity contribution is 9.10. The summed E-state index contributed by atoms with van der Waals surface area (Å²) in [5.74, 6) is -0.420. The van der Waals surface area contributed by atoms with Crippen LogP contribution in [0.5, 0.6) is 0 Å². The van der Waals surface area contributed by atoms with Gasteiger partial charge in [0.05, 0.1) is 15.8 Å². The normalized spacial score (nSPS) is 19.0. The molecule has 0 radical (unpaired) electrons. The van der Waals surface area contributed by atoms with E-state index < -0.39 is 11.9 Å². The molecule has 7 heteroatoms. The zero-order chi connectivity index (χ0) is 13.3. The lowest BCUT2D eigenvalue weighted by Gasteiger charge is -2.17. The Kier molecular flexibility index (Phi) is 3.60. The summed E-state index contributed by atoms with van der Waals surface area (Å²) in [6.07, 6.45) is -0.214. The highest BCUT2D eigenvalue weighted by Crippen LogP contribution is 2.28. The summed E-state index contributed by atoms with van der Waals surface area (Å²) in [5, 5.41) is 12.0. The van der Waals surface area contributed by atoms with Gasteiger partial charge < -0.3 is 21.1 Å². The fourth-order valence-corrected chi connectivity index (χ4v) is 2.30. The van der Waals surface area contributed by atoms with Crippen LogP contribution in [0.4, 0.5) is 20.6 Å². The maximum absolute atomic E-state index is 13.2. The molecular weight excluding hydrogens is 305 g/mol. The van der Waals surface area contributed by atoms with E-state index in [1.165, 1.54) is 11.0 Å². The number of hydrogen-bond acceptors (Lipinski definition) is 3. The monoisotopic (exact) mass is 317 g/mol. The molecule has 1 aromatic rings. The fourth-order valence-electron chi connectivity index (χ4n) is 1.96.